The second-order valence-electron chi connectivity index (χ2n) is 14.3. The predicted molar refractivity (Wildman–Crippen MR) is 176 cm³/mol. The quantitative estimate of drug-likeness (QED) is 0.169. The van der Waals surface area contributed by atoms with Crippen LogP contribution >= 0.6 is 0 Å². The number of allylic oxidation sites excluding steroid dienone is 8. The number of aromatic hydroxyl groups is 2. The topological polar surface area (TPSA) is 105 Å². The van der Waals surface area contributed by atoms with Crippen molar-refractivity contribution in [3.05, 3.63) is 80.3 Å². The molecule has 0 radical (unpaired) electrons. The Balaban J connectivity index is 2.06. The molecule has 2 bridgehead atoms. The summed E-state index contributed by atoms with van der Waals surface area (Å²) in [4.78, 5) is 44.1. The molecule has 236 valence electrons. The van der Waals surface area contributed by atoms with Crippen molar-refractivity contribution < 1.29 is 24.2 Å². The molecule has 0 amide bonds. The Morgan fingerprint density at radius 1 is 0.864 bits per heavy atom. The van der Waals surface area contributed by atoms with Crippen LogP contribution in [0.25, 0.3) is 11.0 Å². The van der Waals surface area contributed by atoms with Crippen molar-refractivity contribution in [3.63, 3.8) is 0 Å². The maximum absolute atomic E-state index is 15.2. The van der Waals surface area contributed by atoms with Gasteiger partial charge in [-0.1, -0.05) is 60.4 Å². The molecule has 44 heavy (non-hydrogen) atoms. The number of ketones is 2. The highest BCUT2D eigenvalue weighted by Gasteiger charge is 2.72. The van der Waals surface area contributed by atoms with Crippen molar-refractivity contribution in [2.45, 2.75) is 106 Å². The van der Waals surface area contributed by atoms with Crippen molar-refractivity contribution in [2.24, 2.45) is 16.7 Å². The second-order valence-corrected chi connectivity index (χ2v) is 14.3. The van der Waals surface area contributed by atoms with Crippen LogP contribution in [0.3, 0.4) is 0 Å². The van der Waals surface area contributed by atoms with Crippen molar-refractivity contribution in [1.82, 2.24) is 0 Å². The number of hydrogen-bond acceptors (Lipinski definition) is 6. The molecule has 2 N–H and O–H groups in total. The van der Waals surface area contributed by atoms with Crippen LogP contribution in [0.1, 0.15) is 117 Å². The Morgan fingerprint density at radius 3 is 2.07 bits per heavy atom. The molecule has 6 heteroatoms. The van der Waals surface area contributed by atoms with E-state index in [0.29, 0.717) is 12.8 Å². The summed E-state index contributed by atoms with van der Waals surface area (Å²) >= 11 is 0. The van der Waals surface area contributed by atoms with Gasteiger partial charge >= 0.3 is 0 Å². The third-order valence-corrected chi connectivity index (χ3v) is 10.1. The molecule has 6 nitrogen and oxygen atoms in total. The van der Waals surface area contributed by atoms with Gasteiger partial charge in [-0.05, 0) is 104 Å². The number of benzene rings is 1. The monoisotopic (exact) mass is 600 g/mol. The minimum absolute atomic E-state index is 0.00108. The van der Waals surface area contributed by atoms with Crippen LogP contribution in [0, 0.1) is 16.7 Å². The number of rotatable bonds is 9. The minimum atomic E-state index is -1.43. The molecule has 1 heterocycles. The average molecular weight is 601 g/mol. The van der Waals surface area contributed by atoms with E-state index in [1.807, 2.05) is 39.8 Å². The molecule has 3 atom stereocenters. The highest BCUT2D eigenvalue weighted by molar-refractivity contribution is 6.23. The fourth-order valence-electron chi connectivity index (χ4n) is 7.24. The highest BCUT2D eigenvalue weighted by Crippen LogP contribution is 2.65. The third kappa shape index (κ3) is 5.41. The molecule has 1 saturated carbocycles. The number of phenols is 2. The second kappa shape index (κ2) is 12.0. The molecule has 1 aromatic heterocycles. The van der Waals surface area contributed by atoms with Gasteiger partial charge in [0.15, 0.2) is 23.1 Å². The van der Waals surface area contributed by atoms with Gasteiger partial charge in [0.25, 0.3) is 0 Å². The van der Waals surface area contributed by atoms with Crippen LogP contribution in [-0.4, -0.2) is 21.8 Å². The molecule has 2 aliphatic carbocycles. The first kappa shape index (κ1) is 33.2. The van der Waals surface area contributed by atoms with Crippen LogP contribution in [0.2, 0.25) is 0 Å². The molecule has 0 saturated heterocycles. The summed E-state index contributed by atoms with van der Waals surface area (Å²) in [6.07, 6.45) is 11.8. The molecule has 1 fully saturated rings. The lowest BCUT2D eigenvalue weighted by atomic mass is 9.40. The van der Waals surface area contributed by atoms with E-state index >= 15 is 4.79 Å². The normalized spacial score (nSPS) is 24.1. The first-order valence-electron chi connectivity index (χ1n) is 15.7. The highest BCUT2D eigenvalue weighted by atomic mass is 16.3. The number of fused-ring (bicyclic) bond motifs is 5. The van der Waals surface area contributed by atoms with Crippen molar-refractivity contribution in [2.75, 3.05) is 0 Å². The van der Waals surface area contributed by atoms with Crippen LogP contribution in [0.4, 0.5) is 0 Å². The maximum Gasteiger partial charge on any atom is 0.204 e. The summed E-state index contributed by atoms with van der Waals surface area (Å²) < 4.78 is 6.44. The Kier molecular flexibility index (Phi) is 9.08. The molecule has 0 unspecified atom stereocenters. The zero-order valence-corrected chi connectivity index (χ0v) is 27.8. The summed E-state index contributed by atoms with van der Waals surface area (Å²) in [5.74, 6) is -1.61. The number of Topliss-reactive ketones (excluding diaryl/α,β-unsaturated/α-hetero) is 2. The largest absolute Gasteiger partial charge is 0.504 e. The zero-order chi connectivity index (χ0) is 32.8. The number of hydrogen-bond donors (Lipinski definition) is 2. The fourth-order valence-corrected chi connectivity index (χ4v) is 7.24. The first-order chi connectivity index (χ1) is 20.5. The summed E-state index contributed by atoms with van der Waals surface area (Å²) in [6, 6.07) is 2.32. The molecular weight excluding hydrogens is 552 g/mol. The molecule has 2 aliphatic rings. The summed E-state index contributed by atoms with van der Waals surface area (Å²) in [5, 5.41) is 20.5. The van der Waals surface area contributed by atoms with Crippen LogP contribution in [0.5, 0.6) is 11.5 Å². The van der Waals surface area contributed by atoms with Gasteiger partial charge in [0.1, 0.15) is 16.9 Å². The smallest absolute Gasteiger partial charge is 0.204 e. The van der Waals surface area contributed by atoms with E-state index in [2.05, 4.69) is 46.8 Å². The van der Waals surface area contributed by atoms with Gasteiger partial charge in [0.05, 0.1) is 16.2 Å². The number of phenolic OH excluding ortho intramolecular Hbond substituents is 2. The van der Waals surface area contributed by atoms with E-state index < -0.39 is 39.0 Å². The van der Waals surface area contributed by atoms with E-state index in [9.17, 15) is 19.8 Å². The van der Waals surface area contributed by atoms with Crippen molar-refractivity contribution in [1.29, 1.82) is 0 Å². The van der Waals surface area contributed by atoms with E-state index in [1.165, 1.54) is 17.2 Å². The van der Waals surface area contributed by atoms with E-state index in [-0.39, 0.29) is 46.8 Å². The molecule has 1 aromatic carbocycles. The predicted octanol–water partition coefficient (Wildman–Crippen LogP) is 9.04. The SMILES string of the molecule is CC(C)=CCC/C(C)=C/C[C@@H]1C[C@@]2(CC=C(C)C)C(=O)c3c(oc4cc(O)c(O)cc4c3=O)[C@](CC=C(C)C)(C2=O)C1(C)C. The Bertz CT molecular complexity index is 1680. The molecule has 2 aromatic rings. The molecule has 0 spiro atoms. The van der Waals surface area contributed by atoms with Crippen LogP contribution < -0.4 is 5.43 Å². The van der Waals surface area contributed by atoms with E-state index in [0.717, 1.165) is 30.1 Å². The Morgan fingerprint density at radius 2 is 1.45 bits per heavy atom. The maximum atomic E-state index is 15.2. The third-order valence-electron chi connectivity index (χ3n) is 10.1. The van der Waals surface area contributed by atoms with Gasteiger partial charge in [-0.3, -0.25) is 14.4 Å². The van der Waals surface area contributed by atoms with Crippen molar-refractivity contribution >= 4 is 22.5 Å². The van der Waals surface area contributed by atoms with Crippen molar-refractivity contribution in [3.8, 4) is 11.5 Å². The first-order valence-corrected chi connectivity index (χ1v) is 15.7. The molecule has 0 aliphatic heterocycles. The lowest BCUT2D eigenvalue weighted by Gasteiger charge is -2.60. The standard InChI is InChI=1S/C38H48O6/c1-22(2)11-10-12-25(7)13-14-26-21-37(17-15-23(3)4)33(42)31-32(41)27-19-28(39)29(40)20-30(27)44-34(31)38(35(37)43,36(26,8)9)18-16-24(5)6/h11,13,15-16,19-20,26,39-40H,10,12,14,17-18,21H2,1-9H3/b25-13+/t26-,37+,38-/m1/s1. The van der Waals surface area contributed by atoms with Gasteiger partial charge in [-0.15, -0.1) is 0 Å². The van der Waals surface area contributed by atoms with E-state index in [4.69, 9.17) is 4.42 Å². The molecular formula is C38H48O6. The summed E-state index contributed by atoms with van der Waals surface area (Å²) in [6.45, 7) is 18.3. The summed E-state index contributed by atoms with van der Waals surface area (Å²) in [7, 11) is 0. The Hall–Kier alpha value is -3.67. The summed E-state index contributed by atoms with van der Waals surface area (Å²) in [5.41, 5.74) is 0.452. The number of carbonyl (C=O) groups excluding carboxylic acids is 2. The van der Waals surface area contributed by atoms with Gasteiger partial charge in [0, 0.05) is 6.07 Å². The fraction of sp³-hybridized carbons (Fsp3) is 0.500. The minimum Gasteiger partial charge on any atom is -0.504 e. The van der Waals surface area contributed by atoms with Gasteiger partial charge in [-0.2, -0.15) is 0 Å². The lowest BCUT2D eigenvalue weighted by molar-refractivity contribution is -0.151. The lowest BCUT2D eigenvalue weighted by Crippen LogP contribution is -2.68. The Labute approximate surface area is 261 Å². The van der Waals surface area contributed by atoms with Crippen LogP contribution in [-0.2, 0) is 10.2 Å². The van der Waals surface area contributed by atoms with E-state index in [1.54, 1.807) is 0 Å². The van der Waals surface area contributed by atoms with Crippen LogP contribution in [0.15, 0.2) is 67.9 Å². The molecule has 4 rings (SSSR count). The average Bonchev–Trinajstić information content (AvgIpc) is 2.92. The van der Waals surface area contributed by atoms with Gasteiger partial charge in [-0.25, -0.2) is 0 Å². The zero-order valence-electron chi connectivity index (χ0n) is 27.8. The number of carbonyl (C=O) groups is 2. The van der Waals surface area contributed by atoms with Gasteiger partial charge < -0.3 is 14.6 Å². The van der Waals surface area contributed by atoms with Gasteiger partial charge in [0.2, 0.25) is 5.43 Å².